The molecule has 1 N–H and O–H groups in total. The van der Waals surface area contributed by atoms with Crippen LogP contribution in [0.2, 0.25) is 0 Å². The summed E-state index contributed by atoms with van der Waals surface area (Å²) in [5.41, 5.74) is 1.38. The predicted molar refractivity (Wildman–Crippen MR) is 79.9 cm³/mol. The van der Waals surface area contributed by atoms with E-state index in [0.29, 0.717) is 11.5 Å². The van der Waals surface area contributed by atoms with Crippen molar-refractivity contribution in [3.8, 4) is 5.75 Å². The van der Waals surface area contributed by atoms with Crippen molar-refractivity contribution >= 4 is 21.8 Å². The second-order valence-corrected chi connectivity index (χ2v) is 6.05. The second kappa shape index (κ2) is 6.42. The van der Waals surface area contributed by atoms with Crippen molar-refractivity contribution in [2.45, 2.75) is 26.2 Å². The number of phenols is 1. The van der Waals surface area contributed by atoms with Gasteiger partial charge in [-0.15, -0.1) is 0 Å². The summed E-state index contributed by atoms with van der Waals surface area (Å²) >= 11 is 3.46. The summed E-state index contributed by atoms with van der Waals surface area (Å²) in [7, 11) is 0. The Hall–Kier alpha value is -1.03. The van der Waals surface area contributed by atoms with E-state index in [4.69, 9.17) is 0 Å². The van der Waals surface area contributed by atoms with E-state index in [9.17, 15) is 9.90 Å². The van der Waals surface area contributed by atoms with Gasteiger partial charge in [-0.1, -0.05) is 22.0 Å². The molecule has 0 spiro atoms. The Kier molecular flexibility index (Phi) is 4.86. The van der Waals surface area contributed by atoms with Gasteiger partial charge in [0.1, 0.15) is 5.75 Å². The van der Waals surface area contributed by atoms with Gasteiger partial charge in [-0.05, 0) is 49.8 Å². The molecule has 1 heterocycles. The van der Waals surface area contributed by atoms with E-state index >= 15 is 0 Å². The Morgan fingerprint density at radius 2 is 2.32 bits per heavy atom. The molecule has 0 radical (unpaired) electrons. The fourth-order valence-corrected chi connectivity index (χ4v) is 3.28. The minimum atomic E-state index is -0.0447. The number of halogens is 1. The fourth-order valence-electron chi connectivity index (χ4n) is 2.63. The molecule has 0 bridgehead atoms. The fraction of sp³-hybridized carbons (Fsp3) is 0.533. The van der Waals surface area contributed by atoms with Crippen LogP contribution in [0.3, 0.4) is 0 Å². The molecule has 1 aliphatic heterocycles. The molecule has 2 rings (SSSR count). The highest BCUT2D eigenvalue weighted by Gasteiger charge is 2.25. The summed E-state index contributed by atoms with van der Waals surface area (Å²) in [4.78, 5) is 14.3. The van der Waals surface area contributed by atoms with Crippen LogP contribution in [0.4, 0.5) is 0 Å². The quantitative estimate of drug-likeness (QED) is 0.866. The van der Waals surface area contributed by atoms with Crippen LogP contribution in [0.1, 0.15) is 35.2 Å². The van der Waals surface area contributed by atoms with E-state index in [1.54, 1.807) is 12.1 Å². The normalized spacial score (nSPS) is 19.5. The summed E-state index contributed by atoms with van der Waals surface area (Å²) in [6.45, 7) is 3.50. The van der Waals surface area contributed by atoms with Gasteiger partial charge in [0.2, 0.25) is 0 Å². The van der Waals surface area contributed by atoms with Crippen molar-refractivity contribution in [2.75, 3.05) is 18.4 Å². The number of aromatic hydroxyl groups is 1. The minimum absolute atomic E-state index is 0.0447. The van der Waals surface area contributed by atoms with Gasteiger partial charge in [0.05, 0.1) is 5.56 Å². The van der Waals surface area contributed by atoms with Gasteiger partial charge >= 0.3 is 0 Å². The number of carbonyl (C=O) groups excluding carboxylic acids is 1. The predicted octanol–water partition coefficient (Wildman–Crippen LogP) is 3.34. The maximum absolute atomic E-state index is 12.4. The number of nitrogens with zero attached hydrogens (tertiary/aromatic N) is 1. The van der Waals surface area contributed by atoms with Gasteiger partial charge in [-0.2, -0.15) is 0 Å². The third kappa shape index (κ3) is 3.50. The lowest BCUT2D eigenvalue weighted by atomic mass is 9.95. The van der Waals surface area contributed by atoms with E-state index < -0.39 is 0 Å². The molecule has 1 amide bonds. The first-order valence-electron chi connectivity index (χ1n) is 6.76. The van der Waals surface area contributed by atoms with Crippen molar-refractivity contribution in [1.29, 1.82) is 0 Å². The molecule has 1 fully saturated rings. The summed E-state index contributed by atoms with van der Waals surface area (Å²) in [5, 5.41) is 10.9. The first-order chi connectivity index (χ1) is 9.11. The van der Waals surface area contributed by atoms with E-state index in [-0.39, 0.29) is 11.7 Å². The van der Waals surface area contributed by atoms with Gasteiger partial charge in [0, 0.05) is 18.4 Å². The number of benzene rings is 1. The third-order valence-corrected chi connectivity index (χ3v) is 4.17. The van der Waals surface area contributed by atoms with E-state index in [1.807, 2.05) is 17.9 Å². The molecule has 1 atom stereocenters. The van der Waals surface area contributed by atoms with Crippen LogP contribution < -0.4 is 0 Å². The zero-order chi connectivity index (χ0) is 13.8. The molecule has 4 heteroatoms. The van der Waals surface area contributed by atoms with Gasteiger partial charge in [-0.3, -0.25) is 4.79 Å². The number of rotatable bonds is 3. The Labute approximate surface area is 122 Å². The number of amides is 1. The molecule has 1 aromatic carbocycles. The average Bonchev–Trinajstić information content (AvgIpc) is 2.39. The van der Waals surface area contributed by atoms with E-state index in [1.165, 1.54) is 6.42 Å². The van der Waals surface area contributed by atoms with Crippen LogP contribution in [0.25, 0.3) is 0 Å². The number of likely N-dealkylation sites (tertiary alicyclic amines) is 1. The molecule has 1 aromatic rings. The molecular weight excluding hydrogens is 306 g/mol. The number of phenolic OH excluding ortho intramolecular Hbond substituents is 1. The van der Waals surface area contributed by atoms with Gasteiger partial charge in [0.15, 0.2) is 0 Å². The molecule has 1 saturated heterocycles. The summed E-state index contributed by atoms with van der Waals surface area (Å²) in [5.74, 6) is 0.619. The van der Waals surface area contributed by atoms with Gasteiger partial charge in [-0.25, -0.2) is 0 Å². The smallest absolute Gasteiger partial charge is 0.257 e. The lowest BCUT2D eigenvalue weighted by molar-refractivity contribution is 0.0669. The number of alkyl halides is 1. The monoisotopic (exact) mass is 325 g/mol. The van der Waals surface area contributed by atoms with Crippen LogP contribution in [0, 0.1) is 12.8 Å². The number of hydrogen-bond donors (Lipinski definition) is 1. The van der Waals surface area contributed by atoms with E-state index in [0.717, 1.165) is 36.8 Å². The first kappa shape index (κ1) is 14.4. The van der Waals surface area contributed by atoms with Crippen molar-refractivity contribution in [3.63, 3.8) is 0 Å². The van der Waals surface area contributed by atoms with Crippen LogP contribution in [0.15, 0.2) is 18.2 Å². The molecule has 1 aliphatic rings. The first-order valence-corrected chi connectivity index (χ1v) is 7.89. The topological polar surface area (TPSA) is 40.5 Å². The SMILES string of the molecule is Cc1ccc(C(=O)N2CCCC(CCBr)C2)c(O)c1. The van der Waals surface area contributed by atoms with Crippen LogP contribution >= 0.6 is 15.9 Å². The van der Waals surface area contributed by atoms with Crippen molar-refractivity contribution in [3.05, 3.63) is 29.3 Å². The molecule has 0 saturated carbocycles. The molecule has 3 nitrogen and oxygen atoms in total. The number of aryl methyl sites for hydroxylation is 1. The van der Waals surface area contributed by atoms with E-state index in [2.05, 4.69) is 15.9 Å². The zero-order valence-electron chi connectivity index (χ0n) is 11.2. The molecule has 0 aliphatic carbocycles. The molecular formula is C15H20BrNO2. The highest BCUT2D eigenvalue weighted by atomic mass is 79.9. The summed E-state index contributed by atoms with van der Waals surface area (Å²) in [6.07, 6.45) is 3.34. The number of piperidine rings is 1. The van der Waals surface area contributed by atoms with Crippen molar-refractivity contribution < 1.29 is 9.90 Å². The average molecular weight is 326 g/mol. The lowest BCUT2D eigenvalue weighted by Crippen LogP contribution is -2.40. The Balaban J connectivity index is 2.10. The number of carbonyl (C=O) groups is 1. The summed E-state index contributed by atoms with van der Waals surface area (Å²) < 4.78 is 0. The largest absolute Gasteiger partial charge is 0.507 e. The Morgan fingerprint density at radius 1 is 1.53 bits per heavy atom. The Bertz CT molecular complexity index is 459. The van der Waals surface area contributed by atoms with Gasteiger partial charge in [0.25, 0.3) is 5.91 Å². The molecule has 1 unspecified atom stereocenters. The van der Waals surface area contributed by atoms with Crippen LogP contribution in [-0.2, 0) is 0 Å². The standard InChI is InChI=1S/C15H20BrNO2/c1-11-4-5-13(14(18)9-11)15(19)17-8-2-3-12(10-17)6-7-16/h4-5,9,12,18H,2-3,6-8,10H2,1H3. The van der Waals surface area contributed by atoms with Crippen molar-refractivity contribution in [1.82, 2.24) is 4.90 Å². The highest BCUT2D eigenvalue weighted by Crippen LogP contribution is 2.25. The minimum Gasteiger partial charge on any atom is -0.507 e. The summed E-state index contributed by atoms with van der Waals surface area (Å²) in [6, 6.07) is 5.24. The Morgan fingerprint density at radius 3 is 3.00 bits per heavy atom. The van der Waals surface area contributed by atoms with Crippen LogP contribution in [0.5, 0.6) is 5.75 Å². The molecule has 104 valence electrons. The number of hydrogen-bond acceptors (Lipinski definition) is 2. The highest BCUT2D eigenvalue weighted by molar-refractivity contribution is 9.09. The molecule has 0 aromatic heterocycles. The van der Waals surface area contributed by atoms with Crippen molar-refractivity contribution in [2.24, 2.45) is 5.92 Å². The second-order valence-electron chi connectivity index (χ2n) is 5.26. The maximum atomic E-state index is 12.4. The van der Waals surface area contributed by atoms with Gasteiger partial charge < -0.3 is 10.0 Å². The lowest BCUT2D eigenvalue weighted by Gasteiger charge is -2.32. The zero-order valence-corrected chi connectivity index (χ0v) is 12.8. The third-order valence-electron chi connectivity index (χ3n) is 3.71. The van der Waals surface area contributed by atoms with Crippen LogP contribution in [-0.4, -0.2) is 34.3 Å². The molecule has 19 heavy (non-hydrogen) atoms. The maximum Gasteiger partial charge on any atom is 0.257 e.